The van der Waals surface area contributed by atoms with Crippen LogP contribution in [0.25, 0.3) is 0 Å². The van der Waals surface area contributed by atoms with Gasteiger partial charge in [-0.1, -0.05) is 48.0 Å². The average molecular weight is 388 g/mol. The zero-order valence-electron chi connectivity index (χ0n) is 15.8. The Balaban J connectivity index is 2.08. The van der Waals surface area contributed by atoms with Gasteiger partial charge in [-0.2, -0.15) is 4.31 Å². The summed E-state index contributed by atoms with van der Waals surface area (Å²) in [5, 5.41) is 0. The van der Waals surface area contributed by atoms with E-state index in [1.807, 2.05) is 44.2 Å². The molecule has 0 amide bonds. The van der Waals surface area contributed by atoms with Gasteiger partial charge in [0, 0.05) is 6.04 Å². The van der Waals surface area contributed by atoms with E-state index < -0.39 is 22.0 Å². The molecule has 0 aromatic heterocycles. The normalized spacial score (nSPS) is 23.3. The Labute approximate surface area is 161 Å². The summed E-state index contributed by atoms with van der Waals surface area (Å²) in [5.41, 5.74) is 1.79. The predicted molar refractivity (Wildman–Crippen MR) is 104 cm³/mol. The van der Waals surface area contributed by atoms with E-state index in [0.717, 1.165) is 11.1 Å². The Morgan fingerprint density at radius 1 is 1.11 bits per heavy atom. The first-order valence-electron chi connectivity index (χ1n) is 9.18. The molecule has 1 saturated heterocycles. The number of carbonyl (C=O) groups excluding carboxylic acids is 1. The topological polar surface area (TPSA) is 63.7 Å². The van der Waals surface area contributed by atoms with Crippen LogP contribution in [0.1, 0.15) is 37.4 Å². The fourth-order valence-electron chi connectivity index (χ4n) is 3.77. The third kappa shape index (κ3) is 3.77. The van der Waals surface area contributed by atoms with Crippen LogP contribution in [0.5, 0.6) is 0 Å². The molecule has 0 unspecified atom stereocenters. The Morgan fingerprint density at radius 3 is 2.33 bits per heavy atom. The highest BCUT2D eigenvalue weighted by Gasteiger charge is 2.50. The van der Waals surface area contributed by atoms with E-state index in [9.17, 15) is 13.2 Å². The van der Waals surface area contributed by atoms with Gasteiger partial charge in [0.15, 0.2) is 0 Å². The minimum absolute atomic E-state index is 0.241. The SMILES string of the molecule is CCOC(=O)[C@@H]1C[C@@H](C)N(S(=O)(=O)c2ccc(C)cc2)[C@H]1c1ccccc1. The van der Waals surface area contributed by atoms with Gasteiger partial charge in [0.2, 0.25) is 10.0 Å². The monoisotopic (exact) mass is 387 g/mol. The second kappa shape index (κ2) is 7.82. The molecular formula is C21H25NO4S. The van der Waals surface area contributed by atoms with E-state index in [4.69, 9.17) is 4.74 Å². The lowest BCUT2D eigenvalue weighted by molar-refractivity contribution is -0.148. The number of hydrogen-bond acceptors (Lipinski definition) is 4. The molecule has 1 aliphatic rings. The lowest BCUT2D eigenvalue weighted by Gasteiger charge is -2.29. The summed E-state index contributed by atoms with van der Waals surface area (Å²) in [5.74, 6) is -0.873. The molecule has 1 heterocycles. The van der Waals surface area contributed by atoms with E-state index in [1.54, 1.807) is 31.2 Å². The van der Waals surface area contributed by atoms with Crippen LogP contribution >= 0.6 is 0 Å². The van der Waals surface area contributed by atoms with Crippen LogP contribution in [0.2, 0.25) is 0 Å². The quantitative estimate of drug-likeness (QED) is 0.734. The van der Waals surface area contributed by atoms with Gasteiger partial charge in [-0.15, -0.1) is 0 Å². The predicted octanol–water partition coefficient (Wildman–Crippen LogP) is 3.70. The summed E-state index contributed by atoms with van der Waals surface area (Å²) < 4.78 is 33.6. The molecule has 0 radical (unpaired) electrons. The fraction of sp³-hybridized carbons (Fsp3) is 0.381. The third-order valence-corrected chi connectivity index (χ3v) is 7.02. The van der Waals surface area contributed by atoms with Gasteiger partial charge in [-0.3, -0.25) is 4.79 Å². The highest BCUT2D eigenvalue weighted by atomic mass is 32.2. The third-order valence-electron chi connectivity index (χ3n) is 5.01. The van der Waals surface area contributed by atoms with Crippen molar-refractivity contribution in [2.24, 2.45) is 5.92 Å². The van der Waals surface area contributed by atoms with Crippen molar-refractivity contribution in [1.29, 1.82) is 0 Å². The van der Waals surface area contributed by atoms with Crippen LogP contribution in [-0.2, 0) is 19.6 Å². The Kier molecular flexibility index (Phi) is 5.67. The first kappa shape index (κ1) is 19.6. The summed E-state index contributed by atoms with van der Waals surface area (Å²) in [6.07, 6.45) is 0.434. The van der Waals surface area contributed by atoms with Crippen molar-refractivity contribution < 1.29 is 17.9 Å². The molecule has 2 aromatic carbocycles. The minimum Gasteiger partial charge on any atom is -0.466 e. The highest BCUT2D eigenvalue weighted by Crippen LogP contribution is 2.44. The maximum atomic E-state index is 13.4. The zero-order valence-corrected chi connectivity index (χ0v) is 16.6. The molecule has 3 atom stereocenters. The van der Waals surface area contributed by atoms with Crippen LogP contribution in [0.15, 0.2) is 59.5 Å². The van der Waals surface area contributed by atoms with Crippen molar-refractivity contribution >= 4 is 16.0 Å². The Hall–Kier alpha value is -2.18. The molecule has 6 heteroatoms. The van der Waals surface area contributed by atoms with Crippen molar-refractivity contribution in [3.05, 3.63) is 65.7 Å². The highest BCUT2D eigenvalue weighted by molar-refractivity contribution is 7.89. The first-order valence-corrected chi connectivity index (χ1v) is 10.6. The van der Waals surface area contributed by atoms with Crippen molar-refractivity contribution in [3.8, 4) is 0 Å². The molecular weight excluding hydrogens is 362 g/mol. The second-order valence-corrected chi connectivity index (χ2v) is 8.79. The lowest BCUT2D eigenvalue weighted by Crippen LogP contribution is -2.37. The number of rotatable bonds is 5. The van der Waals surface area contributed by atoms with Crippen LogP contribution in [0, 0.1) is 12.8 Å². The van der Waals surface area contributed by atoms with Gasteiger partial charge < -0.3 is 4.74 Å². The number of sulfonamides is 1. The Bertz CT molecular complexity index is 894. The average Bonchev–Trinajstić information content (AvgIpc) is 3.01. The largest absolute Gasteiger partial charge is 0.466 e. The number of carbonyl (C=O) groups is 1. The molecule has 0 saturated carbocycles. The van der Waals surface area contributed by atoms with E-state index in [1.165, 1.54) is 4.31 Å². The van der Waals surface area contributed by atoms with Crippen LogP contribution in [0.4, 0.5) is 0 Å². The summed E-state index contributed by atoms with van der Waals surface area (Å²) >= 11 is 0. The number of nitrogens with zero attached hydrogens (tertiary/aromatic N) is 1. The smallest absolute Gasteiger partial charge is 0.310 e. The molecule has 5 nitrogen and oxygen atoms in total. The van der Waals surface area contributed by atoms with E-state index >= 15 is 0 Å². The first-order chi connectivity index (χ1) is 12.9. The van der Waals surface area contributed by atoms with Crippen molar-refractivity contribution in [2.45, 2.75) is 44.2 Å². The maximum absolute atomic E-state index is 13.4. The molecule has 0 N–H and O–H groups in total. The molecule has 0 spiro atoms. The van der Waals surface area contributed by atoms with E-state index in [0.29, 0.717) is 6.42 Å². The molecule has 0 bridgehead atoms. The molecule has 0 aliphatic carbocycles. The van der Waals surface area contributed by atoms with Gasteiger partial charge in [-0.25, -0.2) is 8.42 Å². The number of hydrogen-bond donors (Lipinski definition) is 0. The molecule has 1 fully saturated rings. The van der Waals surface area contributed by atoms with Crippen LogP contribution in [-0.4, -0.2) is 31.3 Å². The van der Waals surface area contributed by atoms with Crippen molar-refractivity contribution in [1.82, 2.24) is 4.31 Å². The summed E-state index contributed by atoms with van der Waals surface area (Å²) in [4.78, 5) is 12.8. The fourth-order valence-corrected chi connectivity index (χ4v) is 5.62. The van der Waals surface area contributed by atoms with Gasteiger partial charge in [0.25, 0.3) is 0 Å². The number of aryl methyl sites for hydroxylation is 1. The van der Waals surface area contributed by atoms with Gasteiger partial charge >= 0.3 is 5.97 Å². The second-order valence-electron chi connectivity index (χ2n) is 6.95. The minimum atomic E-state index is -3.76. The van der Waals surface area contributed by atoms with Gasteiger partial charge in [0.05, 0.1) is 23.5 Å². The standard InChI is InChI=1S/C21H25NO4S/c1-4-26-21(23)19-14-16(3)22(20(19)17-8-6-5-7-9-17)27(24,25)18-12-10-15(2)11-13-18/h5-13,16,19-20H,4,14H2,1-3H3/t16-,19-,20+/m1/s1. The molecule has 27 heavy (non-hydrogen) atoms. The van der Waals surface area contributed by atoms with Gasteiger partial charge in [-0.05, 0) is 44.9 Å². The van der Waals surface area contributed by atoms with E-state index in [2.05, 4.69) is 0 Å². The zero-order chi connectivity index (χ0) is 19.6. The van der Waals surface area contributed by atoms with E-state index in [-0.39, 0.29) is 23.5 Å². The molecule has 144 valence electrons. The van der Waals surface area contributed by atoms with Crippen molar-refractivity contribution in [3.63, 3.8) is 0 Å². The van der Waals surface area contributed by atoms with Crippen molar-refractivity contribution in [2.75, 3.05) is 6.61 Å². The maximum Gasteiger partial charge on any atom is 0.310 e. The summed E-state index contributed by atoms with van der Waals surface area (Å²) in [6.45, 7) is 5.80. The molecule has 2 aromatic rings. The number of esters is 1. The summed E-state index contributed by atoms with van der Waals surface area (Å²) in [7, 11) is -3.76. The number of ether oxygens (including phenoxy) is 1. The van der Waals surface area contributed by atoms with Crippen LogP contribution in [0.3, 0.4) is 0 Å². The Morgan fingerprint density at radius 2 is 1.74 bits per heavy atom. The molecule has 1 aliphatic heterocycles. The van der Waals surface area contributed by atoms with Crippen LogP contribution < -0.4 is 0 Å². The lowest BCUT2D eigenvalue weighted by atomic mass is 9.94. The summed E-state index contributed by atoms with van der Waals surface area (Å²) in [6, 6.07) is 15.3. The number of benzene rings is 2. The van der Waals surface area contributed by atoms with Gasteiger partial charge in [0.1, 0.15) is 0 Å². The molecule has 3 rings (SSSR count).